The molecule has 0 bridgehead atoms. The van der Waals surface area contributed by atoms with E-state index in [0.717, 1.165) is 19.4 Å². The minimum absolute atomic E-state index is 0.0412. The summed E-state index contributed by atoms with van der Waals surface area (Å²) in [5, 5.41) is 3.34. The molecule has 4 heteroatoms. The van der Waals surface area contributed by atoms with E-state index >= 15 is 0 Å². The van der Waals surface area contributed by atoms with Crippen molar-refractivity contribution in [3.8, 4) is 0 Å². The van der Waals surface area contributed by atoms with E-state index in [-0.39, 0.29) is 23.9 Å². The molecule has 1 aliphatic rings. The van der Waals surface area contributed by atoms with Gasteiger partial charge in [0.15, 0.2) is 0 Å². The number of benzene rings is 1. The number of rotatable bonds is 3. The number of esters is 1. The highest BCUT2D eigenvalue weighted by Crippen LogP contribution is 2.17. The van der Waals surface area contributed by atoms with Gasteiger partial charge < -0.3 is 10.1 Å². The molecule has 0 spiro atoms. The summed E-state index contributed by atoms with van der Waals surface area (Å²) in [6.45, 7) is 2.23. The Balaban J connectivity index is 1.93. The Hall–Kier alpha value is -1.42. The Kier molecular flexibility index (Phi) is 4.31. The second kappa shape index (κ2) is 5.96. The molecular formula is C14H18FNO2. The number of halogens is 1. The van der Waals surface area contributed by atoms with Crippen LogP contribution in [0.25, 0.3) is 0 Å². The Morgan fingerprint density at radius 1 is 1.50 bits per heavy atom. The van der Waals surface area contributed by atoms with Gasteiger partial charge in [0, 0.05) is 19.4 Å². The van der Waals surface area contributed by atoms with Crippen molar-refractivity contribution < 1.29 is 13.9 Å². The number of carbonyl (C=O) groups excluding carboxylic acids is 1. The third-order valence-electron chi connectivity index (χ3n) is 3.20. The Labute approximate surface area is 106 Å². The molecule has 98 valence electrons. The molecule has 2 atom stereocenters. The van der Waals surface area contributed by atoms with Gasteiger partial charge in [0.2, 0.25) is 0 Å². The van der Waals surface area contributed by atoms with E-state index in [9.17, 15) is 9.18 Å². The van der Waals surface area contributed by atoms with Crippen LogP contribution in [0.2, 0.25) is 0 Å². The zero-order valence-electron chi connectivity index (χ0n) is 10.5. The van der Waals surface area contributed by atoms with E-state index in [4.69, 9.17) is 4.74 Å². The summed E-state index contributed by atoms with van der Waals surface area (Å²) in [7, 11) is 0. The standard InChI is InChI=1S/C14H18FNO2/c1-10(17)18-13-6-7-16-12(9-13)8-11-4-2-3-5-14(11)15/h2-5,12-13,16H,6-9H2,1H3. The predicted molar refractivity (Wildman–Crippen MR) is 66.7 cm³/mol. The second-order valence-corrected chi connectivity index (χ2v) is 4.70. The fourth-order valence-electron chi connectivity index (χ4n) is 2.39. The van der Waals surface area contributed by atoms with Crippen LogP contribution in [0, 0.1) is 5.82 Å². The largest absolute Gasteiger partial charge is 0.462 e. The molecule has 0 amide bonds. The number of piperidine rings is 1. The average Bonchev–Trinajstić information content (AvgIpc) is 2.32. The van der Waals surface area contributed by atoms with Crippen LogP contribution in [0.5, 0.6) is 0 Å². The number of ether oxygens (including phenoxy) is 1. The molecule has 0 aromatic heterocycles. The molecule has 3 nitrogen and oxygen atoms in total. The summed E-state index contributed by atoms with van der Waals surface area (Å²) >= 11 is 0. The molecule has 0 radical (unpaired) electrons. The van der Waals surface area contributed by atoms with Gasteiger partial charge in [0.1, 0.15) is 11.9 Å². The van der Waals surface area contributed by atoms with Gasteiger partial charge in [0.05, 0.1) is 0 Å². The van der Waals surface area contributed by atoms with Crippen molar-refractivity contribution in [2.24, 2.45) is 0 Å². The third kappa shape index (κ3) is 3.53. The Morgan fingerprint density at radius 3 is 3.00 bits per heavy atom. The van der Waals surface area contributed by atoms with Gasteiger partial charge in [-0.3, -0.25) is 4.79 Å². The van der Waals surface area contributed by atoms with E-state index < -0.39 is 0 Å². The lowest BCUT2D eigenvalue weighted by Gasteiger charge is -2.30. The third-order valence-corrected chi connectivity index (χ3v) is 3.20. The van der Waals surface area contributed by atoms with E-state index in [1.807, 2.05) is 6.07 Å². The molecule has 2 rings (SSSR count). The van der Waals surface area contributed by atoms with Crippen LogP contribution in [-0.2, 0) is 16.0 Å². The molecule has 18 heavy (non-hydrogen) atoms. The highest BCUT2D eigenvalue weighted by molar-refractivity contribution is 5.66. The van der Waals surface area contributed by atoms with Crippen LogP contribution in [0.3, 0.4) is 0 Å². The summed E-state index contributed by atoms with van der Waals surface area (Å²) in [4.78, 5) is 10.9. The zero-order chi connectivity index (χ0) is 13.0. The molecule has 1 fully saturated rings. The molecule has 1 saturated heterocycles. The smallest absolute Gasteiger partial charge is 0.302 e. The van der Waals surface area contributed by atoms with Crippen LogP contribution >= 0.6 is 0 Å². The van der Waals surface area contributed by atoms with Gasteiger partial charge in [-0.15, -0.1) is 0 Å². The number of hydrogen-bond donors (Lipinski definition) is 1. The summed E-state index contributed by atoms with van der Waals surface area (Å²) in [6, 6.07) is 6.97. The number of hydrogen-bond acceptors (Lipinski definition) is 3. The highest BCUT2D eigenvalue weighted by Gasteiger charge is 2.24. The van der Waals surface area contributed by atoms with Gasteiger partial charge in [-0.1, -0.05) is 18.2 Å². The first-order valence-corrected chi connectivity index (χ1v) is 6.29. The van der Waals surface area contributed by atoms with Crippen LogP contribution in [0.1, 0.15) is 25.3 Å². The summed E-state index contributed by atoms with van der Waals surface area (Å²) < 4.78 is 18.8. The lowest BCUT2D eigenvalue weighted by atomic mass is 9.95. The lowest BCUT2D eigenvalue weighted by molar-refractivity contribution is -0.147. The normalized spacial score (nSPS) is 23.7. The van der Waals surface area contributed by atoms with Crippen molar-refractivity contribution in [2.45, 2.75) is 38.3 Å². The van der Waals surface area contributed by atoms with Crippen molar-refractivity contribution in [1.29, 1.82) is 0 Å². The molecule has 1 aromatic rings. The zero-order valence-corrected chi connectivity index (χ0v) is 10.5. The van der Waals surface area contributed by atoms with Crippen molar-refractivity contribution in [1.82, 2.24) is 5.32 Å². The van der Waals surface area contributed by atoms with E-state index in [0.29, 0.717) is 12.0 Å². The molecule has 1 aromatic carbocycles. The molecule has 0 aliphatic carbocycles. The monoisotopic (exact) mass is 251 g/mol. The first kappa shape index (κ1) is 13.0. The first-order valence-electron chi connectivity index (χ1n) is 6.29. The van der Waals surface area contributed by atoms with Gasteiger partial charge in [-0.05, 0) is 31.0 Å². The van der Waals surface area contributed by atoms with Gasteiger partial charge in [-0.2, -0.15) is 0 Å². The fourth-order valence-corrected chi connectivity index (χ4v) is 2.39. The van der Waals surface area contributed by atoms with Crippen molar-refractivity contribution in [3.63, 3.8) is 0 Å². The lowest BCUT2D eigenvalue weighted by Crippen LogP contribution is -2.43. The number of carbonyl (C=O) groups is 1. The fraction of sp³-hybridized carbons (Fsp3) is 0.500. The maximum atomic E-state index is 13.5. The minimum Gasteiger partial charge on any atom is -0.462 e. The van der Waals surface area contributed by atoms with Crippen molar-refractivity contribution in [2.75, 3.05) is 6.54 Å². The SMILES string of the molecule is CC(=O)OC1CCNC(Cc2ccccc2F)C1. The predicted octanol–water partition coefficient (Wildman–Crippen LogP) is 2.05. The molecule has 0 saturated carbocycles. The van der Waals surface area contributed by atoms with Crippen LogP contribution in [0.4, 0.5) is 4.39 Å². The quantitative estimate of drug-likeness (QED) is 0.836. The molecule has 1 aliphatic heterocycles. The molecule has 1 N–H and O–H groups in total. The Morgan fingerprint density at radius 2 is 2.28 bits per heavy atom. The number of nitrogens with one attached hydrogen (secondary N) is 1. The summed E-state index contributed by atoms with van der Waals surface area (Å²) in [6.07, 6.45) is 2.16. The van der Waals surface area contributed by atoms with Crippen molar-refractivity contribution in [3.05, 3.63) is 35.6 Å². The summed E-state index contributed by atoms with van der Waals surface area (Å²) in [5.74, 6) is -0.416. The van der Waals surface area contributed by atoms with E-state index in [2.05, 4.69) is 5.32 Å². The van der Waals surface area contributed by atoms with E-state index in [1.54, 1.807) is 12.1 Å². The topological polar surface area (TPSA) is 38.3 Å². The maximum absolute atomic E-state index is 13.5. The van der Waals surface area contributed by atoms with Crippen molar-refractivity contribution >= 4 is 5.97 Å². The first-order chi connectivity index (χ1) is 8.65. The van der Waals surface area contributed by atoms with Crippen LogP contribution in [-0.4, -0.2) is 24.7 Å². The highest BCUT2D eigenvalue weighted by atomic mass is 19.1. The molecule has 1 heterocycles. The average molecular weight is 251 g/mol. The second-order valence-electron chi connectivity index (χ2n) is 4.70. The Bertz CT molecular complexity index is 422. The molecular weight excluding hydrogens is 233 g/mol. The van der Waals surface area contributed by atoms with Gasteiger partial charge in [0.25, 0.3) is 0 Å². The molecule has 2 unspecified atom stereocenters. The van der Waals surface area contributed by atoms with Crippen LogP contribution < -0.4 is 5.32 Å². The van der Waals surface area contributed by atoms with Gasteiger partial charge >= 0.3 is 5.97 Å². The minimum atomic E-state index is -0.244. The van der Waals surface area contributed by atoms with E-state index in [1.165, 1.54) is 13.0 Å². The summed E-state index contributed by atoms with van der Waals surface area (Å²) in [5.41, 5.74) is 0.707. The van der Waals surface area contributed by atoms with Gasteiger partial charge in [-0.25, -0.2) is 4.39 Å². The van der Waals surface area contributed by atoms with Crippen LogP contribution in [0.15, 0.2) is 24.3 Å². The maximum Gasteiger partial charge on any atom is 0.302 e.